The molecule has 0 spiro atoms. The van der Waals surface area contributed by atoms with Crippen LogP contribution < -0.4 is 5.32 Å². The van der Waals surface area contributed by atoms with Gasteiger partial charge in [-0.3, -0.25) is 24.3 Å². The van der Waals surface area contributed by atoms with Crippen molar-refractivity contribution in [1.29, 1.82) is 0 Å². The van der Waals surface area contributed by atoms with Crippen LogP contribution in [0.1, 0.15) is 6.42 Å². The SMILES string of the molecule is O=C(CCn1cc(Cl)cn1)NCCn1cc([N+](=O)[O-])cn1. The minimum atomic E-state index is -0.517. The summed E-state index contributed by atoms with van der Waals surface area (Å²) in [5, 5.41) is 21.5. The number of amides is 1. The van der Waals surface area contributed by atoms with Gasteiger partial charge in [-0.25, -0.2) is 0 Å². The summed E-state index contributed by atoms with van der Waals surface area (Å²) < 4.78 is 2.99. The number of nitrogens with zero attached hydrogens (tertiary/aromatic N) is 5. The summed E-state index contributed by atoms with van der Waals surface area (Å²) in [6.45, 7) is 1.15. The lowest BCUT2D eigenvalue weighted by atomic mass is 10.4. The third kappa shape index (κ3) is 4.56. The van der Waals surface area contributed by atoms with Gasteiger partial charge in [0.1, 0.15) is 12.4 Å². The number of rotatable bonds is 7. The Labute approximate surface area is 124 Å². The second-order valence-electron chi connectivity index (χ2n) is 4.24. The Hall–Kier alpha value is -2.42. The maximum absolute atomic E-state index is 11.6. The topological polar surface area (TPSA) is 108 Å². The van der Waals surface area contributed by atoms with Crippen molar-refractivity contribution in [1.82, 2.24) is 24.9 Å². The smallest absolute Gasteiger partial charge is 0.306 e. The van der Waals surface area contributed by atoms with Gasteiger partial charge in [-0.05, 0) is 0 Å². The zero-order valence-electron chi connectivity index (χ0n) is 11.0. The highest BCUT2D eigenvalue weighted by Gasteiger charge is 2.08. The third-order valence-corrected chi connectivity index (χ3v) is 2.86. The van der Waals surface area contributed by atoms with Crippen LogP contribution >= 0.6 is 11.6 Å². The van der Waals surface area contributed by atoms with Crippen molar-refractivity contribution in [2.45, 2.75) is 19.5 Å². The minimum Gasteiger partial charge on any atom is -0.354 e. The average Bonchev–Trinajstić information content (AvgIpc) is 3.05. The van der Waals surface area contributed by atoms with E-state index < -0.39 is 4.92 Å². The van der Waals surface area contributed by atoms with E-state index in [9.17, 15) is 14.9 Å². The van der Waals surface area contributed by atoms with Crippen LogP contribution in [0.2, 0.25) is 5.02 Å². The summed E-state index contributed by atoms with van der Waals surface area (Å²) in [6.07, 6.45) is 5.90. The molecule has 1 N–H and O–H groups in total. The second kappa shape index (κ2) is 6.84. The fourth-order valence-electron chi connectivity index (χ4n) is 1.64. The Morgan fingerprint density at radius 3 is 2.62 bits per heavy atom. The predicted octanol–water partition coefficient (Wildman–Crippen LogP) is 0.848. The fraction of sp³-hybridized carbons (Fsp3) is 0.364. The van der Waals surface area contributed by atoms with Crippen molar-refractivity contribution in [2.24, 2.45) is 0 Å². The monoisotopic (exact) mass is 312 g/mol. The Kier molecular flexibility index (Phi) is 4.88. The maximum Gasteiger partial charge on any atom is 0.306 e. The third-order valence-electron chi connectivity index (χ3n) is 2.66. The van der Waals surface area contributed by atoms with Gasteiger partial charge >= 0.3 is 5.69 Å². The lowest BCUT2D eigenvalue weighted by molar-refractivity contribution is -0.385. The van der Waals surface area contributed by atoms with Crippen molar-refractivity contribution >= 4 is 23.2 Å². The van der Waals surface area contributed by atoms with Gasteiger partial charge in [0.2, 0.25) is 5.91 Å². The molecule has 0 saturated carbocycles. The van der Waals surface area contributed by atoms with Crippen molar-refractivity contribution < 1.29 is 9.72 Å². The van der Waals surface area contributed by atoms with Gasteiger partial charge in [0, 0.05) is 25.7 Å². The van der Waals surface area contributed by atoms with Crippen LogP contribution in [0.5, 0.6) is 0 Å². The van der Waals surface area contributed by atoms with Crippen LogP contribution in [0.25, 0.3) is 0 Å². The molecule has 10 heteroatoms. The highest BCUT2D eigenvalue weighted by molar-refractivity contribution is 6.30. The van der Waals surface area contributed by atoms with Crippen molar-refractivity contribution in [3.8, 4) is 0 Å². The van der Waals surface area contributed by atoms with Gasteiger partial charge in [-0.1, -0.05) is 11.6 Å². The molecule has 2 aromatic rings. The van der Waals surface area contributed by atoms with E-state index in [-0.39, 0.29) is 18.0 Å². The van der Waals surface area contributed by atoms with E-state index in [2.05, 4.69) is 15.5 Å². The number of nitro groups is 1. The maximum atomic E-state index is 11.6. The fourth-order valence-corrected chi connectivity index (χ4v) is 1.80. The molecule has 0 aliphatic carbocycles. The normalized spacial score (nSPS) is 10.5. The number of aryl methyl sites for hydroxylation is 1. The van der Waals surface area contributed by atoms with E-state index in [0.717, 1.165) is 0 Å². The van der Waals surface area contributed by atoms with E-state index in [1.54, 1.807) is 10.9 Å². The van der Waals surface area contributed by atoms with Gasteiger partial charge < -0.3 is 5.32 Å². The number of carbonyl (C=O) groups is 1. The van der Waals surface area contributed by atoms with Crippen LogP contribution in [0.4, 0.5) is 5.69 Å². The van der Waals surface area contributed by atoms with E-state index in [4.69, 9.17) is 11.6 Å². The zero-order valence-corrected chi connectivity index (χ0v) is 11.7. The summed E-state index contributed by atoms with van der Waals surface area (Å²) in [4.78, 5) is 21.6. The molecule has 2 heterocycles. The van der Waals surface area contributed by atoms with Crippen molar-refractivity contribution in [3.63, 3.8) is 0 Å². The van der Waals surface area contributed by atoms with Crippen LogP contribution in [0, 0.1) is 10.1 Å². The van der Waals surface area contributed by atoms with Crippen LogP contribution in [0.15, 0.2) is 24.8 Å². The largest absolute Gasteiger partial charge is 0.354 e. The minimum absolute atomic E-state index is 0.0723. The van der Waals surface area contributed by atoms with Crippen molar-refractivity contribution in [2.75, 3.05) is 6.54 Å². The van der Waals surface area contributed by atoms with Gasteiger partial charge in [0.15, 0.2) is 0 Å². The molecule has 21 heavy (non-hydrogen) atoms. The first-order valence-electron chi connectivity index (χ1n) is 6.16. The molecule has 2 aromatic heterocycles. The van der Waals surface area contributed by atoms with E-state index >= 15 is 0 Å². The van der Waals surface area contributed by atoms with E-state index in [0.29, 0.717) is 24.7 Å². The molecule has 0 fully saturated rings. The van der Waals surface area contributed by atoms with Crippen molar-refractivity contribution in [3.05, 3.63) is 39.9 Å². The first kappa shape index (κ1) is 15.0. The van der Waals surface area contributed by atoms with Crippen LogP contribution in [-0.2, 0) is 17.9 Å². The Bertz CT molecular complexity index is 637. The summed E-state index contributed by atoms with van der Waals surface area (Å²) >= 11 is 5.71. The number of hydrogen-bond acceptors (Lipinski definition) is 5. The quantitative estimate of drug-likeness (QED) is 0.602. The molecule has 2 rings (SSSR count). The van der Waals surface area contributed by atoms with Gasteiger partial charge in [-0.2, -0.15) is 10.2 Å². The molecular formula is C11H13ClN6O3. The first-order valence-corrected chi connectivity index (χ1v) is 6.54. The van der Waals surface area contributed by atoms with Gasteiger partial charge in [-0.15, -0.1) is 0 Å². The van der Waals surface area contributed by atoms with Gasteiger partial charge in [0.05, 0.1) is 22.7 Å². The number of nitrogens with one attached hydrogen (secondary N) is 1. The summed E-state index contributed by atoms with van der Waals surface area (Å²) in [5.74, 6) is -0.136. The number of aromatic nitrogens is 4. The number of carbonyl (C=O) groups excluding carboxylic acids is 1. The first-order chi connectivity index (χ1) is 10.0. The molecule has 0 saturated heterocycles. The molecule has 0 unspecified atom stereocenters. The molecule has 1 amide bonds. The van der Waals surface area contributed by atoms with E-state index in [1.165, 1.54) is 23.3 Å². The second-order valence-corrected chi connectivity index (χ2v) is 4.68. The van der Waals surface area contributed by atoms with Crippen LogP contribution in [0.3, 0.4) is 0 Å². The lowest BCUT2D eigenvalue weighted by Crippen LogP contribution is -2.28. The molecule has 9 nitrogen and oxygen atoms in total. The predicted molar refractivity (Wildman–Crippen MR) is 73.7 cm³/mol. The number of halogens is 1. The summed E-state index contributed by atoms with van der Waals surface area (Å²) in [7, 11) is 0. The molecule has 0 aliphatic heterocycles. The highest BCUT2D eigenvalue weighted by atomic mass is 35.5. The molecule has 0 aliphatic rings. The molecule has 112 valence electrons. The van der Waals surface area contributed by atoms with Crippen LogP contribution in [-0.4, -0.2) is 36.9 Å². The Balaban J connectivity index is 1.67. The standard InChI is InChI=1S/C11H13ClN6O3/c12-9-5-14-16(7-9)3-1-11(19)13-2-4-17-8-10(6-15-17)18(20)21/h5-8H,1-4H2,(H,13,19). The highest BCUT2D eigenvalue weighted by Crippen LogP contribution is 2.07. The molecule has 0 radical (unpaired) electrons. The lowest BCUT2D eigenvalue weighted by Gasteiger charge is -2.05. The average molecular weight is 313 g/mol. The molecule has 0 aromatic carbocycles. The number of hydrogen-bond donors (Lipinski definition) is 1. The molecular weight excluding hydrogens is 300 g/mol. The van der Waals surface area contributed by atoms with E-state index in [1.807, 2.05) is 0 Å². The summed E-state index contributed by atoms with van der Waals surface area (Å²) in [6, 6.07) is 0. The molecule has 0 atom stereocenters. The Morgan fingerprint density at radius 1 is 1.29 bits per heavy atom. The molecule has 0 bridgehead atoms. The van der Waals surface area contributed by atoms with Gasteiger partial charge in [0.25, 0.3) is 0 Å². The zero-order chi connectivity index (χ0) is 15.2. The summed E-state index contributed by atoms with van der Waals surface area (Å²) in [5.41, 5.74) is -0.0723. The Morgan fingerprint density at radius 2 is 2.00 bits per heavy atom.